The van der Waals surface area contributed by atoms with Crippen LogP contribution < -0.4 is 5.32 Å². The molecule has 0 aromatic heterocycles. The lowest BCUT2D eigenvalue weighted by atomic mass is 10.3. The maximum absolute atomic E-state index is 11.5. The standard InChI is InChI=1S/C9H16N2O3/c1-7-6-11(3-4-14-7)9(13)5-10-8(2)12/h7H,3-6H2,1-2H3,(H,10,12). The predicted molar refractivity (Wildman–Crippen MR) is 50.7 cm³/mol. The molecule has 0 spiro atoms. The smallest absolute Gasteiger partial charge is 0.242 e. The van der Waals surface area contributed by atoms with Crippen molar-refractivity contribution in [2.45, 2.75) is 20.0 Å². The Morgan fingerprint density at radius 1 is 1.57 bits per heavy atom. The van der Waals surface area contributed by atoms with Crippen LogP contribution in [0.2, 0.25) is 0 Å². The van der Waals surface area contributed by atoms with Gasteiger partial charge >= 0.3 is 0 Å². The van der Waals surface area contributed by atoms with Gasteiger partial charge in [-0.05, 0) is 6.92 Å². The van der Waals surface area contributed by atoms with Crippen molar-refractivity contribution < 1.29 is 14.3 Å². The zero-order chi connectivity index (χ0) is 10.6. The zero-order valence-electron chi connectivity index (χ0n) is 8.58. The van der Waals surface area contributed by atoms with Gasteiger partial charge in [-0.1, -0.05) is 0 Å². The Morgan fingerprint density at radius 3 is 2.86 bits per heavy atom. The highest BCUT2D eigenvalue weighted by Crippen LogP contribution is 2.03. The molecule has 0 radical (unpaired) electrons. The highest BCUT2D eigenvalue weighted by molar-refractivity contribution is 5.83. The molecule has 80 valence electrons. The number of carbonyl (C=O) groups is 2. The van der Waals surface area contributed by atoms with E-state index in [0.29, 0.717) is 19.7 Å². The predicted octanol–water partition coefficient (Wildman–Crippen LogP) is -0.630. The second-order valence-corrected chi connectivity index (χ2v) is 3.43. The van der Waals surface area contributed by atoms with E-state index >= 15 is 0 Å². The van der Waals surface area contributed by atoms with Gasteiger partial charge in [0.05, 0.1) is 19.3 Å². The first kappa shape index (κ1) is 11.0. The van der Waals surface area contributed by atoms with Crippen LogP contribution in [0.3, 0.4) is 0 Å². The number of ether oxygens (including phenoxy) is 1. The van der Waals surface area contributed by atoms with Crippen LogP contribution in [0.5, 0.6) is 0 Å². The molecule has 2 amide bonds. The SMILES string of the molecule is CC(=O)NCC(=O)N1CCOC(C)C1. The van der Waals surface area contributed by atoms with Crippen LogP contribution in [0.25, 0.3) is 0 Å². The van der Waals surface area contributed by atoms with Crippen LogP contribution in [0.15, 0.2) is 0 Å². The van der Waals surface area contributed by atoms with Crippen molar-refractivity contribution >= 4 is 11.8 Å². The number of hydrogen-bond donors (Lipinski definition) is 1. The quantitative estimate of drug-likeness (QED) is 0.645. The largest absolute Gasteiger partial charge is 0.375 e. The Bertz CT molecular complexity index is 230. The molecule has 1 fully saturated rings. The maximum Gasteiger partial charge on any atom is 0.242 e. The molecular formula is C9H16N2O3. The van der Waals surface area contributed by atoms with Crippen LogP contribution in [-0.2, 0) is 14.3 Å². The van der Waals surface area contributed by atoms with Gasteiger partial charge in [-0.25, -0.2) is 0 Å². The number of morpholine rings is 1. The average Bonchev–Trinajstić information content (AvgIpc) is 2.14. The summed E-state index contributed by atoms with van der Waals surface area (Å²) in [4.78, 5) is 23.8. The fourth-order valence-electron chi connectivity index (χ4n) is 1.36. The van der Waals surface area contributed by atoms with Gasteiger partial charge in [0.1, 0.15) is 0 Å². The van der Waals surface area contributed by atoms with E-state index < -0.39 is 0 Å². The summed E-state index contributed by atoms with van der Waals surface area (Å²) >= 11 is 0. The first-order valence-electron chi connectivity index (χ1n) is 4.73. The summed E-state index contributed by atoms with van der Waals surface area (Å²) in [5.41, 5.74) is 0. The summed E-state index contributed by atoms with van der Waals surface area (Å²) in [5.74, 6) is -0.227. The molecule has 1 N–H and O–H groups in total. The number of rotatable bonds is 2. The summed E-state index contributed by atoms with van der Waals surface area (Å²) in [5, 5.41) is 2.49. The van der Waals surface area contributed by atoms with E-state index in [-0.39, 0.29) is 24.5 Å². The summed E-state index contributed by atoms with van der Waals surface area (Å²) in [7, 11) is 0. The van der Waals surface area contributed by atoms with Crippen molar-refractivity contribution in [2.75, 3.05) is 26.2 Å². The zero-order valence-corrected chi connectivity index (χ0v) is 8.58. The molecule has 0 aromatic rings. The fraction of sp³-hybridized carbons (Fsp3) is 0.778. The summed E-state index contributed by atoms with van der Waals surface area (Å²) in [6.45, 7) is 5.21. The van der Waals surface area contributed by atoms with E-state index in [1.54, 1.807) is 4.90 Å². The summed E-state index contributed by atoms with van der Waals surface area (Å²) in [6, 6.07) is 0. The van der Waals surface area contributed by atoms with Crippen molar-refractivity contribution in [2.24, 2.45) is 0 Å². The van der Waals surface area contributed by atoms with Crippen molar-refractivity contribution in [3.8, 4) is 0 Å². The lowest BCUT2D eigenvalue weighted by molar-refractivity contribution is -0.138. The van der Waals surface area contributed by atoms with E-state index in [4.69, 9.17) is 4.74 Å². The van der Waals surface area contributed by atoms with Gasteiger partial charge in [0, 0.05) is 20.0 Å². The van der Waals surface area contributed by atoms with Crippen molar-refractivity contribution in [1.82, 2.24) is 10.2 Å². The van der Waals surface area contributed by atoms with Gasteiger partial charge in [0.2, 0.25) is 11.8 Å². The third-order valence-corrected chi connectivity index (χ3v) is 2.08. The Balaban J connectivity index is 2.32. The van der Waals surface area contributed by atoms with Crippen molar-refractivity contribution in [3.63, 3.8) is 0 Å². The van der Waals surface area contributed by atoms with Gasteiger partial charge in [-0.15, -0.1) is 0 Å². The Morgan fingerprint density at radius 2 is 2.29 bits per heavy atom. The van der Waals surface area contributed by atoms with Crippen LogP contribution in [-0.4, -0.2) is 49.1 Å². The monoisotopic (exact) mass is 200 g/mol. The molecule has 0 aliphatic carbocycles. The highest BCUT2D eigenvalue weighted by atomic mass is 16.5. The van der Waals surface area contributed by atoms with E-state index in [2.05, 4.69) is 5.32 Å². The molecule has 5 heteroatoms. The van der Waals surface area contributed by atoms with Gasteiger partial charge < -0.3 is 15.0 Å². The van der Waals surface area contributed by atoms with E-state index in [1.807, 2.05) is 6.92 Å². The fourth-order valence-corrected chi connectivity index (χ4v) is 1.36. The molecule has 0 saturated carbocycles. The third-order valence-electron chi connectivity index (χ3n) is 2.08. The number of amides is 2. The molecule has 0 bridgehead atoms. The molecule has 1 aliphatic rings. The number of carbonyl (C=O) groups excluding carboxylic acids is 2. The molecule has 0 aromatic carbocycles. The molecule has 1 aliphatic heterocycles. The van der Waals surface area contributed by atoms with Crippen molar-refractivity contribution in [3.05, 3.63) is 0 Å². The first-order valence-corrected chi connectivity index (χ1v) is 4.73. The van der Waals surface area contributed by atoms with E-state index in [1.165, 1.54) is 6.92 Å². The van der Waals surface area contributed by atoms with Crippen LogP contribution in [0.1, 0.15) is 13.8 Å². The van der Waals surface area contributed by atoms with Crippen LogP contribution in [0.4, 0.5) is 0 Å². The minimum absolute atomic E-state index is 0.0460. The van der Waals surface area contributed by atoms with Gasteiger partial charge in [0.15, 0.2) is 0 Å². The van der Waals surface area contributed by atoms with Crippen molar-refractivity contribution in [1.29, 1.82) is 0 Å². The van der Waals surface area contributed by atoms with E-state index in [0.717, 1.165) is 0 Å². The minimum atomic E-state index is -0.181. The lowest BCUT2D eigenvalue weighted by Gasteiger charge is -2.31. The second kappa shape index (κ2) is 4.95. The van der Waals surface area contributed by atoms with Gasteiger partial charge in [-0.3, -0.25) is 9.59 Å². The van der Waals surface area contributed by atoms with Gasteiger partial charge in [-0.2, -0.15) is 0 Å². The topological polar surface area (TPSA) is 58.6 Å². The number of nitrogens with one attached hydrogen (secondary N) is 1. The molecule has 1 heterocycles. The highest BCUT2D eigenvalue weighted by Gasteiger charge is 2.20. The van der Waals surface area contributed by atoms with Crippen LogP contribution >= 0.6 is 0 Å². The Labute approximate surface area is 83.4 Å². The van der Waals surface area contributed by atoms with Gasteiger partial charge in [0.25, 0.3) is 0 Å². The molecule has 14 heavy (non-hydrogen) atoms. The molecule has 5 nitrogen and oxygen atoms in total. The second-order valence-electron chi connectivity index (χ2n) is 3.43. The maximum atomic E-state index is 11.5. The molecule has 1 rings (SSSR count). The minimum Gasteiger partial charge on any atom is -0.375 e. The Kier molecular flexibility index (Phi) is 3.88. The van der Waals surface area contributed by atoms with Crippen LogP contribution in [0, 0.1) is 0 Å². The molecule has 1 saturated heterocycles. The molecular weight excluding hydrogens is 184 g/mol. The first-order chi connectivity index (χ1) is 6.59. The molecule has 1 atom stereocenters. The molecule has 1 unspecified atom stereocenters. The normalized spacial score (nSPS) is 21.9. The lowest BCUT2D eigenvalue weighted by Crippen LogP contribution is -2.48. The summed E-state index contributed by atoms with van der Waals surface area (Å²) < 4.78 is 5.30. The average molecular weight is 200 g/mol. The number of hydrogen-bond acceptors (Lipinski definition) is 3. The third kappa shape index (κ3) is 3.33. The Hall–Kier alpha value is -1.10. The van der Waals surface area contributed by atoms with E-state index in [9.17, 15) is 9.59 Å². The number of nitrogens with zero attached hydrogens (tertiary/aromatic N) is 1. The summed E-state index contributed by atoms with van der Waals surface area (Å²) in [6.07, 6.45) is 0.0880.